The molecule has 206 valence electrons. The standard InChI is InChI=1S/C32H34N4O4/c1-23(11-9-10-18-35-21-29(33-34-35)27(22-37)25-14-7-4-8-15-25)32(39)28-19-26(40-2)16-17-30(28)36(31(32)38)20-24-12-5-3-6-13-24/h3-9,11-17,19,21,23,27,37,39H,10,18,20,22H2,1-2H3/b11-9+/t23-,27?,32+/m0/s1. The van der Waals surface area contributed by atoms with Crippen molar-refractivity contribution >= 4 is 11.6 Å². The summed E-state index contributed by atoms with van der Waals surface area (Å²) < 4.78 is 7.16. The quantitative estimate of drug-likeness (QED) is 0.274. The highest BCUT2D eigenvalue weighted by Gasteiger charge is 2.52. The number of aromatic nitrogens is 3. The Morgan fingerprint density at radius 2 is 1.77 bits per heavy atom. The second kappa shape index (κ2) is 11.9. The minimum absolute atomic E-state index is 0.0553. The highest BCUT2D eigenvalue weighted by molar-refractivity contribution is 6.07. The third-order valence-electron chi connectivity index (χ3n) is 7.57. The predicted octanol–water partition coefficient (Wildman–Crippen LogP) is 4.43. The molecule has 4 aromatic rings. The Bertz CT molecular complexity index is 1470. The number of hydrogen-bond acceptors (Lipinski definition) is 6. The topological polar surface area (TPSA) is 101 Å². The average Bonchev–Trinajstić information content (AvgIpc) is 3.54. The van der Waals surface area contributed by atoms with E-state index in [1.165, 1.54) is 0 Å². The second-order valence-electron chi connectivity index (χ2n) is 10.1. The Kier molecular flexibility index (Phi) is 8.09. The Morgan fingerprint density at radius 3 is 2.48 bits per heavy atom. The largest absolute Gasteiger partial charge is 0.497 e. The van der Waals surface area contributed by atoms with Crippen LogP contribution >= 0.6 is 0 Å². The Labute approximate surface area is 234 Å². The Morgan fingerprint density at radius 1 is 1.05 bits per heavy atom. The first kappa shape index (κ1) is 27.3. The summed E-state index contributed by atoms with van der Waals surface area (Å²) in [5.41, 5.74) is 2.18. The summed E-state index contributed by atoms with van der Waals surface area (Å²) in [7, 11) is 1.57. The molecule has 40 heavy (non-hydrogen) atoms. The van der Waals surface area contributed by atoms with Crippen LogP contribution in [0.1, 0.15) is 41.6 Å². The number of aryl methyl sites for hydroxylation is 1. The van der Waals surface area contributed by atoms with Crippen molar-refractivity contribution in [3.8, 4) is 5.75 Å². The van der Waals surface area contributed by atoms with Crippen molar-refractivity contribution in [3.05, 3.63) is 120 Å². The fraction of sp³-hybridized carbons (Fsp3) is 0.281. The number of allylic oxidation sites excluding steroid dienone is 1. The molecule has 0 saturated heterocycles. The van der Waals surface area contributed by atoms with Gasteiger partial charge in [0.05, 0.1) is 37.6 Å². The minimum atomic E-state index is -1.72. The first-order chi connectivity index (χ1) is 19.5. The molecule has 5 rings (SSSR count). The van der Waals surface area contributed by atoms with Gasteiger partial charge >= 0.3 is 0 Å². The average molecular weight is 539 g/mol. The van der Waals surface area contributed by atoms with Crippen LogP contribution in [0.2, 0.25) is 0 Å². The lowest BCUT2D eigenvalue weighted by atomic mass is 9.83. The number of ether oxygens (including phenoxy) is 1. The van der Waals surface area contributed by atoms with Crippen LogP contribution in [0.15, 0.2) is 97.2 Å². The zero-order valence-electron chi connectivity index (χ0n) is 22.7. The van der Waals surface area contributed by atoms with E-state index in [9.17, 15) is 15.0 Å². The van der Waals surface area contributed by atoms with E-state index >= 15 is 0 Å². The molecule has 1 amide bonds. The second-order valence-corrected chi connectivity index (χ2v) is 10.1. The molecule has 1 aromatic heterocycles. The van der Waals surface area contributed by atoms with E-state index in [0.29, 0.717) is 42.2 Å². The van der Waals surface area contributed by atoms with Gasteiger partial charge in [-0.2, -0.15) is 0 Å². The van der Waals surface area contributed by atoms with Gasteiger partial charge in [-0.1, -0.05) is 85.0 Å². The zero-order chi connectivity index (χ0) is 28.1. The molecule has 0 saturated carbocycles. The van der Waals surface area contributed by atoms with Crippen LogP contribution < -0.4 is 9.64 Å². The predicted molar refractivity (Wildman–Crippen MR) is 153 cm³/mol. The van der Waals surface area contributed by atoms with Gasteiger partial charge in [0.15, 0.2) is 5.60 Å². The molecule has 0 spiro atoms. The molecule has 1 aliphatic rings. The van der Waals surface area contributed by atoms with Gasteiger partial charge in [-0.3, -0.25) is 9.48 Å². The summed E-state index contributed by atoms with van der Waals surface area (Å²) >= 11 is 0. The van der Waals surface area contributed by atoms with E-state index in [-0.39, 0.29) is 18.4 Å². The third kappa shape index (κ3) is 5.28. The molecule has 0 aliphatic carbocycles. The first-order valence-corrected chi connectivity index (χ1v) is 13.4. The number of carbonyl (C=O) groups is 1. The number of carbonyl (C=O) groups excluding carboxylic acids is 1. The molecule has 8 heteroatoms. The van der Waals surface area contributed by atoms with Gasteiger partial charge in [-0.15, -0.1) is 5.10 Å². The van der Waals surface area contributed by atoms with E-state index < -0.39 is 11.5 Å². The molecule has 0 radical (unpaired) electrons. The molecule has 3 atom stereocenters. The number of nitrogens with zero attached hydrogens (tertiary/aromatic N) is 4. The van der Waals surface area contributed by atoms with Crippen LogP contribution in [0.25, 0.3) is 0 Å². The third-order valence-corrected chi connectivity index (χ3v) is 7.57. The summed E-state index contributed by atoms with van der Waals surface area (Å²) in [6, 6.07) is 24.9. The monoisotopic (exact) mass is 538 g/mol. The fourth-order valence-corrected chi connectivity index (χ4v) is 5.26. The Balaban J connectivity index is 1.30. The number of benzene rings is 3. The normalized spacial score (nSPS) is 18.2. The van der Waals surface area contributed by atoms with Crippen LogP contribution in [-0.2, 0) is 23.5 Å². The molecule has 8 nitrogen and oxygen atoms in total. The number of aliphatic hydroxyl groups is 2. The van der Waals surface area contributed by atoms with Crippen molar-refractivity contribution in [2.75, 3.05) is 18.6 Å². The van der Waals surface area contributed by atoms with Crippen LogP contribution in [0.5, 0.6) is 5.75 Å². The molecule has 1 unspecified atom stereocenters. The van der Waals surface area contributed by atoms with Gasteiger partial charge in [-0.25, -0.2) is 0 Å². The van der Waals surface area contributed by atoms with Crippen molar-refractivity contribution in [3.63, 3.8) is 0 Å². The molecule has 2 heterocycles. The summed E-state index contributed by atoms with van der Waals surface area (Å²) in [5, 5.41) is 30.3. The lowest BCUT2D eigenvalue weighted by Crippen LogP contribution is -2.44. The minimum Gasteiger partial charge on any atom is -0.497 e. The fourth-order valence-electron chi connectivity index (χ4n) is 5.26. The van der Waals surface area contributed by atoms with Crippen molar-refractivity contribution in [1.29, 1.82) is 0 Å². The van der Waals surface area contributed by atoms with Crippen molar-refractivity contribution < 1.29 is 19.7 Å². The SMILES string of the molecule is COc1ccc2c(c1)[C@](O)([C@@H](C)/C=C/CCn1cc(C(CO)c3ccccc3)nn1)C(=O)N2Cc1ccccc1. The maximum absolute atomic E-state index is 13.8. The highest BCUT2D eigenvalue weighted by Crippen LogP contribution is 2.47. The molecule has 0 fully saturated rings. The first-order valence-electron chi connectivity index (χ1n) is 13.4. The summed E-state index contributed by atoms with van der Waals surface area (Å²) in [5.74, 6) is -0.492. The number of fused-ring (bicyclic) bond motifs is 1. The molecular formula is C32H34N4O4. The van der Waals surface area contributed by atoms with E-state index in [0.717, 1.165) is 11.1 Å². The number of methoxy groups -OCH3 is 1. The van der Waals surface area contributed by atoms with Crippen molar-refractivity contribution in [1.82, 2.24) is 15.0 Å². The zero-order valence-corrected chi connectivity index (χ0v) is 22.7. The molecule has 1 aliphatic heterocycles. The van der Waals surface area contributed by atoms with Crippen molar-refractivity contribution in [2.45, 2.75) is 38.0 Å². The number of amides is 1. The van der Waals surface area contributed by atoms with Gasteiger partial charge in [-0.05, 0) is 35.7 Å². The summed E-state index contributed by atoms with van der Waals surface area (Å²) in [4.78, 5) is 15.4. The maximum atomic E-state index is 13.8. The number of anilines is 1. The number of hydrogen-bond donors (Lipinski definition) is 2. The van der Waals surface area contributed by atoms with Gasteiger partial charge < -0.3 is 19.8 Å². The lowest BCUT2D eigenvalue weighted by Gasteiger charge is -2.27. The maximum Gasteiger partial charge on any atom is 0.264 e. The number of rotatable bonds is 11. The molecule has 2 N–H and O–H groups in total. The van der Waals surface area contributed by atoms with Crippen molar-refractivity contribution in [2.24, 2.45) is 5.92 Å². The van der Waals surface area contributed by atoms with Gasteiger partial charge in [0.1, 0.15) is 5.75 Å². The van der Waals surface area contributed by atoms with Crippen LogP contribution in [0.4, 0.5) is 5.69 Å². The summed E-state index contributed by atoms with van der Waals surface area (Å²) in [6.07, 6.45) is 6.32. The highest BCUT2D eigenvalue weighted by atomic mass is 16.5. The van der Waals surface area contributed by atoms with E-state index in [4.69, 9.17) is 4.74 Å². The molecule has 0 bridgehead atoms. The molecule has 3 aromatic carbocycles. The lowest BCUT2D eigenvalue weighted by molar-refractivity contribution is -0.139. The number of aliphatic hydroxyl groups excluding tert-OH is 1. The van der Waals surface area contributed by atoms with Crippen LogP contribution in [-0.4, -0.2) is 44.8 Å². The Hall–Kier alpha value is -4.27. The van der Waals surface area contributed by atoms with E-state index in [1.54, 1.807) is 22.8 Å². The van der Waals surface area contributed by atoms with E-state index in [2.05, 4.69) is 10.3 Å². The van der Waals surface area contributed by atoms with Crippen LogP contribution in [0, 0.1) is 5.92 Å². The summed E-state index contributed by atoms with van der Waals surface area (Å²) in [6.45, 7) is 2.73. The van der Waals surface area contributed by atoms with Gasteiger partial charge in [0.2, 0.25) is 0 Å². The van der Waals surface area contributed by atoms with E-state index in [1.807, 2.05) is 98.1 Å². The molecular weight excluding hydrogens is 504 g/mol. The van der Waals surface area contributed by atoms with Gasteiger partial charge in [0.25, 0.3) is 5.91 Å². The smallest absolute Gasteiger partial charge is 0.264 e. The van der Waals surface area contributed by atoms with Crippen LogP contribution in [0.3, 0.4) is 0 Å². The van der Waals surface area contributed by atoms with Gasteiger partial charge in [0, 0.05) is 24.2 Å².